The van der Waals surface area contributed by atoms with Crippen LogP contribution in [0.1, 0.15) is 62.3 Å². The molecular formula is C84H88N4O9Si3. The van der Waals surface area contributed by atoms with E-state index in [4.69, 9.17) is 39.8 Å². The molecule has 0 aliphatic rings. The standard InChI is InChI=1S/C48H52N2O6Si2.C36H36N2O3Si/c1-7-51-57(52-8-2,53-9-3)39-29-31-47-43(33-39)41-17-13-15-19-45(41)49(47)37-25-21-35(22-26-37)36-23-27-38(28-24-36)50-46-20-16-14-18-42(46)44-34-40(30-32-48(44)50)58(54-10-4,55-11-5)56-12-6;1-4-39-42(40-5-2,41-6-3)32-23-25-36-34(27-32)33-26-31(22-24-35(33)38(36)30-20-14-9-15-21-30)37(28-16-10-7-11-17-28)29-18-12-8-13-19-29/h13-34H,7-12H2,1-6H3;7-27H,4-6H2,1-3H3. The van der Waals surface area contributed by atoms with Crippen molar-refractivity contribution >= 4 is 124 Å². The average molecular weight is 1380 g/mol. The van der Waals surface area contributed by atoms with Crippen LogP contribution in [0.2, 0.25) is 0 Å². The highest BCUT2D eigenvalue weighted by molar-refractivity contribution is 6.76. The highest BCUT2D eigenvalue weighted by Crippen LogP contribution is 2.41. The van der Waals surface area contributed by atoms with Gasteiger partial charge < -0.3 is 58.4 Å². The first kappa shape index (κ1) is 69.4. The molecular weight excluding hydrogens is 1290 g/mol. The zero-order chi connectivity index (χ0) is 69.2. The first-order chi connectivity index (χ1) is 49.1. The number of nitrogens with zero attached hydrogens (tertiary/aromatic N) is 4. The molecule has 16 heteroatoms. The maximum Gasteiger partial charge on any atom is 0.537 e. The van der Waals surface area contributed by atoms with E-state index in [1.54, 1.807) is 0 Å². The minimum atomic E-state index is -3.11. The zero-order valence-corrected chi connectivity index (χ0v) is 61.7. The van der Waals surface area contributed by atoms with Gasteiger partial charge in [-0.25, -0.2) is 0 Å². The van der Waals surface area contributed by atoms with Gasteiger partial charge in [0.1, 0.15) is 0 Å². The molecule has 510 valence electrons. The molecule has 11 aromatic carbocycles. The number of hydrogen-bond donors (Lipinski definition) is 0. The first-order valence-corrected chi connectivity index (χ1v) is 40.4. The summed E-state index contributed by atoms with van der Waals surface area (Å²) in [5.41, 5.74) is 15.7. The average Bonchev–Trinajstić information content (AvgIpc) is 1.59. The molecule has 14 aromatic rings. The van der Waals surface area contributed by atoms with Gasteiger partial charge in [0.15, 0.2) is 0 Å². The largest absolute Gasteiger partial charge is 0.537 e. The molecule has 0 bridgehead atoms. The summed E-state index contributed by atoms with van der Waals surface area (Å²) < 4.78 is 63.6. The Bertz CT molecular complexity index is 4790. The Morgan fingerprint density at radius 3 is 0.820 bits per heavy atom. The smallest absolute Gasteiger partial charge is 0.370 e. The third-order valence-electron chi connectivity index (χ3n) is 18.0. The van der Waals surface area contributed by atoms with Crippen LogP contribution in [0, 0.1) is 0 Å². The van der Waals surface area contributed by atoms with Crippen molar-refractivity contribution in [2.75, 3.05) is 64.4 Å². The van der Waals surface area contributed by atoms with Gasteiger partial charge in [-0.2, -0.15) is 0 Å². The van der Waals surface area contributed by atoms with Gasteiger partial charge in [-0.3, -0.25) is 0 Å². The van der Waals surface area contributed by atoms with Gasteiger partial charge in [-0.1, -0.05) is 133 Å². The fourth-order valence-electron chi connectivity index (χ4n) is 14.1. The quantitative estimate of drug-likeness (QED) is 0.0441. The highest BCUT2D eigenvalue weighted by Gasteiger charge is 2.46. The van der Waals surface area contributed by atoms with E-state index in [2.05, 4.69) is 279 Å². The van der Waals surface area contributed by atoms with E-state index >= 15 is 0 Å². The second-order valence-electron chi connectivity index (χ2n) is 23.9. The molecule has 0 aliphatic carbocycles. The number of hydrogen-bond acceptors (Lipinski definition) is 10. The lowest BCUT2D eigenvalue weighted by Crippen LogP contribution is -2.56. The summed E-state index contributed by atoms with van der Waals surface area (Å²) in [5, 5.41) is 9.84. The molecule has 100 heavy (non-hydrogen) atoms. The van der Waals surface area contributed by atoms with Crippen molar-refractivity contribution in [2.45, 2.75) is 62.3 Å². The summed E-state index contributed by atoms with van der Waals surface area (Å²) in [4.78, 5) is 2.30. The number of rotatable bonds is 28. The van der Waals surface area contributed by atoms with Gasteiger partial charge in [-0.05, 0) is 201 Å². The van der Waals surface area contributed by atoms with E-state index in [1.165, 1.54) is 10.8 Å². The Balaban J connectivity index is 0.000000189. The monoisotopic (exact) mass is 1380 g/mol. The van der Waals surface area contributed by atoms with E-state index < -0.39 is 26.4 Å². The van der Waals surface area contributed by atoms with Crippen LogP contribution in [0.3, 0.4) is 0 Å². The Labute approximate surface area is 590 Å². The van der Waals surface area contributed by atoms with Crippen molar-refractivity contribution in [1.29, 1.82) is 0 Å². The molecule has 0 fully saturated rings. The molecule has 0 aliphatic heterocycles. The summed E-state index contributed by atoms with van der Waals surface area (Å²) in [5.74, 6) is 0. The molecule has 3 aromatic heterocycles. The highest BCUT2D eigenvalue weighted by atomic mass is 28.4. The van der Waals surface area contributed by atoms with Crippen molar-refractivity contribution in [2.24, 2.45) is 0 Å². The minimum Gasteiger partial charge on any atom is -0.370 e. The van der Waals surface area contributed by atoms with Gasteiger partial charge >= 0.3 is 26.4 Å². The second kappa shape index (κ2) is 31.2. The van der Waals surface area contributed by atoms with E-state index in [0.717, 1.165) is 115 Å². The minimum absolute atomic E-state index is 0.517. The van der Waals surface area contributed by atoms with Crippen molar-refractivity contribution in [3.8, 4) is 28.2 Å². The Morgan fingerprint density at radius 1 is 0.230 bits per heavy atom. The van der Waals surface area contributed by atoms with Crippen LogP contribution in [0.4, 0.5) is 17.1 Å². The number of aromatic nitrogens is 3. The van der Waals surface area contributed by atoms with Crippen molar-refractivity contribution in [3.05, 3.63) is 261 Å². The SMILES string of the molecule is CCO[Si](OCC)(OCC)c1ccc2c(c1)c1cc(N(c3ccccc3)c3ccccc3)ccc1n2-c1ccccc1.CCO[Si](OCC)(OCC)c1ccc2c(c1)c1ccccc1n2-c1ccc(-c2ccc(-n3c4ccccc4c4cc([Si](OCC)(OCC)OCC)ccc43)cc2)cc1. The predicted octanol–water partition coefficient (Wildman–Crippen LogP) is 18.6. The molecule has 0 atom stereocenters. The van der Waals surface area contributed by atoms with Crippen LogP contribution in [-0.4, -0.2) is 99.6 Å². The summed E-state index contributed by atoms with van der Waals surface area (Å²) in [7, 11) is -9.27. The van der Waals surface area contributed by atoms with Crippen molar-refractivity contribution < 1.29 is 39.8 Å². The summed E-state index contributed by atoms with van der Waals surface area (Å²) in [6, 6.07) is 92.7. The fourth-order valence-corrected chi connectivity index (χ4v) is 21.6. The lowest BCUT2D eigenvalue weighted by molar-refractivity contribution is 0.0852. The second-order valence-corrected chi connectivity index (χ2v) is 31.6. The topological polar surface area (TPSA) is 101 Å². The Morgan fingerprint density at radius 2 is 0.490 bits per heavy atom. The van der Waals surface area contributed by atoms with Crippen LogP contribution in [0.25, 0.3) is 93.6 Å². The number of anilines is 3. The van der Waals surface area contributed by atoms with Crippen LogP contribution in [-0.2, 0) is 39.8 Å². The molecule has 0 radical (unpaired) electrons. The third-order valence-corrected chi connectivity index (χ3v) is 27.1. The van der Waals surface area contributed by atoms with Gasteiger partial charge in [0.25, 0.3) is 0 Å². The van der Waals surface area contributed by atoms with Crippen molar-refractivity contribution in [3.63, 3.8) is 0 Å². The predicted molar refractivity (Wildman–Crippen MR) is 417 cm³/mol. The van der Waals surface area contributed by atoms with Gasteiger partial charge in [0.2, 0.25) is 0 Å². The summed E-state index contributed by atoms with van der Waals surface area (Å²) in [6.07, 6.45) is 0. The maximum absolute atomic E-state index is 6.31. The third kappa shape index (κ3) is 13.3. The van der Waals surface area contributed by atoms with Gasteiger partial charge in [0, 0.05) is 141 Å². The molecule has 0 saturated carbocycles. The first-order valence-electron chi connectivity index (χ1n) is 35.2. The van der Waals surface area contributed by atoms with Crippen LogP contribution in [0.5, 0.6) is 0 Å². The summed E-state index contributed by atoms with van der Waals surface area (Å²) in [6.45, 7) is 22.6. The van der Waals surface area contributed by atoms with Crippen LogP contribution < -0.4 is 20.5 Å². The molecule has 3 heterocycles. The summed E-state index contributed by atoms with van der Waals surface area (Å²) >= 11 is 0. The molecule has 13 nitrogen and oxygen atoms in total. The van der Waals surface area contributed by atoms with E-state index in [-0.39, 0.29) is 0 Å². The molecule has 0 spiro atoms. The van der Waals surface area contributed by atoms with Crippen LogP contribution >= 0.6 is 0 Å². The normalized spacial score (nSPS) is 12.2. The van der Waals surface area contributed by atoms with E-state index in [0.29, 0.717) is 59.5 Å². The molecule has 14 rings (SSSR count). The Kier molecular flexibility index (Phi) is 21.7. The van der Waals surface area contributed by atoms with Crippen LogP contribution in [0.15, 0.2) is 261 Å². The fraction of sp³-hybridized carbons (Fsp3) is 0.214. The lowest BCUT2D eigenvalue weighted by Gasteiger charge is -2.28. The number of benzene rings is 11. The lowest BCUT2D eigenvalue weighted by atomic mass is 10.0. The van der Waals surface area contributed by atoms with E-state index in [1.807, 2.05) is 62.3 Å². The number of para-hydroxylation sites is 5. The van der Waals surface area contributed by atoms with Gasteiger partial charge in [-0.15, -0.1) is 0 Å². The molecule has 0 saturated heterocycles. The molecule has 0 amide bonds. The van der Waals surface area contributed by atoms with Crippen molar-refractivity contribution in [1.82, 2.24) is 13.7 Å². The molecule has 0 unspecified atom stereocenters. The number of fused-ring (bicyclic) bond motifs is 9. The van der Waals surface area contributed by atoms with E-state index in [9.17, 15) is 0 Å². The zero-order valence-electron chi connectivity index (χ0n) is 58.7. The maximum atomic E-state index is 6.31. The Hall–Kier alpha value is -9.09. The molecule has 0 N–H and O–H groups in total. The van der Waals surface area contributed by atoms with Gasteiger partial charge in [0.05, 0.1) is 33.1 Å².